The first-order chi connectivity index (χ1) is 15.6. The van der Waals surface area contributed by atoms with Crippen molar-refractivity contribution in [1.82, 2.24) is 9.29 Å². The molecule has 1 aliphatic rings. The number of aromatic nitrogens is 1. The van der Waals surface area contributed by atoms with E-state index in [9.17, 15) is 9.18 Å². The van der Waals surface area contributed by atoms with Crippen LogP contribution in [-0.2, 0) is 0 Å². The maximum Gasteiger partial charge on any atom is 0.255 e. The molecule has 2 heterocycles. The van der Waals surface area contributed by atoms with Crippen molar-refractivity contribution in [3.05, 3.63) is 59.2 Å². The molecular weight excluding hydrogens is 441 g/mol. The van der Waals surface area contributed by atoms with Crippen LogP contribution in [0.5, 0.6) is 0 Å². The summed E-state index contributed by atoms with van der Waals surface area (Å²) in [7, 11) is 1.93. The maximum atomic E-state index is 14.7. The molecule has 3 N–H and O–H groups in total. The summed E-state index contributed by atoms with van der Waals surface area (Å²) < 4.78 is 21.8. The zero-order valence-corrected chi connectivity index (χ0v) is 20.6. The standard InChI is InChI=1S/C22H24FN5O2S.C2H6/c1-12-25-17-8-5-13(9-19(17)30-12)20(29)26-14-6-7-16(23)15(10-14)18-11-28(4)31-22(2,3)21(24)27-18;1-2/h5-10,18H,11H2,1-4H3,(H2,24,27)(H,26,29);1-2H3. The number of nitrogens with two attached hydrogens (primary N) is 1. The van der Waals surface area contributed by atoms with Crippen molar-refractivity contribution in [3.63, 3.8) is 0 Å². The predicted molar refractivity (Wildman–Crippen MR) is 133 cm³/mol. The van der Waals surface area contributed by atoms with Crippen molar-refractivity contribution in [3.8, 4) is 0 Å². The van der Waals surface area contributed by atoms with Gasteiger partial charge in [0.25, 0.3) is 5.91 Å². The molecule has 1 atom stereocenters. The van der Waals surface area contributed by atoms with Gasteiger partial charge in [-0.2, -0.15) is 0 Å². The van der Waals surface area contributed by atoms with Gasteiger partial charge in [-0.1, -0.05) is 25.8 Å². The van der Waals surface area contributed by atoms with Gasteiger partial charge in [-0.05, 0) is 57.3 Å². The molecule has 7 nitrogen and oxygen atoms in total. The summed E-state index contributed by atoms with van der Waals surface area (Å²) in [6, 6.07) is 9.04. The van der Waals surface area contributed by atoms with Gasteiger partial charge in [-0.15, -0.1) is 0 Å². The van der Waals surface area contributed by atoms with Crippen LogP contribution in [0.1, 0.15) is 55.5 Å². The van der Waals surface area contributed by atoms with Crippen LogP contribution in [0.2, 0.25) is 0 Å². The van der Waals surface area contributed by atoms with Crippen LogP contribution in [0.15, 0.2) is 45.8 Å². The van der Waals surface area contributed by atoms with E-state index < -0.39 is 11.9 Å². The molecule has 0 aliphatic carbocycles. The first kappa shape index (κ1) is 24.7. The average Bonchev–Trinajstić information content (AvgIpc) is 3.10. The van der Waals surface area contributed by atoms with Gasteiger partial charge in [0, 0.05) is 30.3 Å². The van der Waals surface area contributed by atoms with Crippen molar-refractivity contribution in [2.24, 2.45) is 10.7 Å². The number of nitrogens with zero attached hydrogens (tertiary/aromatic N) is 3. The fraction of sp³-hybridized carbons (Fsp3) is 0.375. The number of benzene rings is 2. The molecule has 0 saturated carbocycles. The lowest BCUT2D eigenvalue weighted by Crippen LogP contribution is -2.36. The number of amides is 1. The van der Waals surface area contributed by atoms with Crippen molar-refractivity contribution in [2.45, 2.75) is 45.4 Å². The first-order valence-corrected chi connectivity index (χ1v) is 11.6. The van der Waals surface area contributed by atoms with E-state index in [2.05, 4.69) is 15.3 Å². The number of oxazole rings is 1. The number of halogens is 1. The summed E-state index contributed by atoms with van der Waals surface area (Å²) in [5, 5.41) is 2.82. The monoisotopic (exact) mass is 471 g/mol. The lowest BCUT2D eigenvalue weighted by Gasteiger charge is -2.25. The number of hydrogen-bond donors (Lipinski definition) is 2. The Bertz CT molecular complexity index is 1190. The Labute approximate surface area is 197 Å². The number of amidine groups is 1. The highest BCUT2D eigenvalue weighted by Crippen LogP contribution is 2.35. The highest BCUT2D eigenvalue weighted by Gasteiger charge is 2.32. The van der Waals surface area contributed by atoms with E-state index >= 15 is 0 Å². The van der Waals surface area contributed by atoms with E-state index in [1.54, 1.807) is 43.1 Å². The van der Waals surface area contributed by atoms with Crippen LogP contribution >= 0.6 is 11.9 Å². The highest BCUT2D eigenvalue weighted by molar-refractivity contribution is 7.99. The Morgan fingerprint density at radius 1 is 1.27 bits per heavy atom. The molecule has 0 fully saturated rings. The number of anilines is 1. The number of nitrogens with one attached hydrogen (secondary N) is 1. The van der Waals surface area contributed by atoms with E-state index in [1.165, 1.54) is 12.1 Å². The number of carbonyl (C=O) groups is 1. The Kier molecular flexibility index (Phi) is 7.44. The Balaban J connectivity index is 0.00000149. The predicted octanol–water partition coefficient (Wildman–Crippen LogP) is 5.32. The summed E-state index contributed by atoms with van der Waals surface area (Å²) in [5.74, 6) is 0.268. The molecule has 1 amide bonds. The zero-order valence-electron chi connectivity index (χ0n) is 19.8. The molecule has 176 valence electrons. The minimum atomic E-state index is -0.482. The summed E-state index contributed by atoms with van der Waals surface area (Å²) >= 11 is 1.56. The quantitative estimate of drug-likeness (QED) is 0.502. The molecule has 1 aromatic heterocycles. The van der Waals surface area contributed by atoms with Crippen molar-refractivity contribution < 1.29 is 13.6 Å². The molecule has 0 spiro atoms. The number of rotatable bonds is 3. The largest absolute Gasteiger partial charge is 0.441 e. The third kappa shape index (κ3) is 5.54. The second-order valence-electron chi connectivity index (χ2n) is 8.05. The number of likely N-dealkylation sites (N-methyl/N-ethyl adjacent to an activating group) is 1. The lowest BCUT2D eigenvalue weighted by atomic mass is 10.0. The zero-order chi connectivity index (χ0) is 24.3. The molecule has 9 heteroatoms. The molecule has 0 saturated heterocycles. The van der Waals surface area contributed by atoms with Crippen molar-refractivity contribution in [2.75, 3.05) is 18.9 Å². The van der Waals surface area contributed by atoms with Gasteiger partial charge >= 0.3 is 0 Å². The summed E-state index contributed by atoms with van der Waals surface area (Å²) in [5.41, 5.74) is 8.69. The van der Waals surface area contributed by atoms with Crippen LogP contribution in [0.3, 0.4) is 0 Å². The van der Waals surface area contributed by atoms with E-state index in [4.69, 9.17) is 10.2 Å². The van der Waals surface area contributed by atoms with Gasteiger partial charge in [-0.3, -0.25) is 14.1 Å². The van der Waals surface area contributed by atoms with Gasteiger partial charge < -0.3 is 15.5 Å². The van der Waals surface area contributed by atoms with E-state index in [0.29, 0.717) is 46.2 Å². The highest BCUT2D eigenvalue weighted by atomic mass is 32.2. The SMILES string of the molecule is CC.Cc1nc2ccc(C(=O)Nc3ccc(F)c(C4CN(C)SC(C)(C)C(N)=N4)c3)cc2o1. The van der Waals surface area contributed by atoms with Crippen LogP contribution in [-0.4, -0.2) is 39.4 Å². The number of carbonyl (C=O) groups excluding carboxylic acids is 1. The number of fused-ring (bicyclic) bond motifs is 1. The maximum absolute atomic E-state index is 14.7. The smallest absolute Gasteiger partial charge is 0.255 e. The third-order valence-electron chi connectivity index (χ3n) is 5.10. The van der Waals surface area contributed by atoms with E-state index in [0.717, 1.165) is 0 Å². The molecule has 0 bridgehead atoms. The van der Waals surface area contributed by atoms with E-state index in [1.807, 2.05) is 39.0 Å². The van der Waals surface area contributed by atoms with Crippen LogP contribution in [0.4, 0.5) is 10.1 Å². The van der Waals surface area contributed by atoms with Crippen LogP contribution < -0.4 is 11.1 Å². The molecule has 33 heavy (non-hydrogen) atoms. The number of aryl methyl sites for hydroxylation is 1. The minimum absolute atomic E-state index is 0.328. The van der Waals surface area contributed by atoms with Crippen LogP contribution in [0, 0.1) is 12.7 Å². The molecule has 1 unspecified atom stereocenters. The summed E-state index contributed by atoms with van der Waals surface area (Å²) in [6.45, 7) is 10.2. The fourth-order valence-electron chi connectivity index (χ4n) is 3.51. The van der Waals surface area contributed by atoms with Gasteiger partial charge in [0.05, 0.1) is 10.8 Å². The van der Waals surface area contributed by atoms with Crippen molar-refractivity contribution in [1.29, 1.82) is 0 Å². The second kappa shape index (κ2) is 9.93. The summed E-state index contributed by atoms with van der Waals surface area (Å²) in [6.07, 6.45) is 0. The second-order valence-corrected chi connectivity index (χ2v) is 9.87. The van der Waals surface area contributed by atoms with Crippen LogP contribution in [0.25, 0.3) is 11.1 Å². The fourth-order valence-corrected chi connectivity index (χ4v) is 4.65. The molecular formula is C24H30FN5O2S. The minimum Gasteiger partial charge on any atom is -0.441 e. The number of hydrogen-bond acceptors (Lipinski definition) is 7. The molecule has 1 aliphatic heterocycles. The van der Waals surface area contributed by atoms with Crippen molar-refractivity contribution >= 4 is 40.5 Å². The normalized spacial score (nSPS) is 18.2. The van der Waals surface area contributed by atoms with Gasteiger partial charge in [0.15, 0.2) is 11.5 Å². The Morgan fingerprint density at radius 3 is 2.73 bits per heavy atom. The molecule has 0 radical (unpaired) electrons. The Hall–Kier alpha value is -2.91. The molecule has 3 aromatic rings. The molecule has 2 aromatic carbocycles. The Morgan fingerprint density at radius 2 is 2.00 bits per heavy atom. The van der Waals surface area contributed by atoms with Gasteiger partial charge in [0.2, 0.25) is 0 Å². The molecule has 4 rings (SSSR count). The first-order valence-electron chi connectivity index (χ1n) is 10.8. The summed E-state index contributed by atoms with van der Waals surface area (Å²) in [4.78, 5) is 21.6. The van der Waals surface area contributed by atoms with E-state index in [-0.39, 0.29) is 10.7 Å². The average molecular weight is 472 g/mol. The number of aliphatic imine (C=N–C) groups is 1. The topological polar surface area (TPSA) is 96.8 Å². The lowest BCUT2D eigenvalue weighted by molar-refractivity contribution is 0.102. The van der Waals surface area contributed by atoms with Gasteiger partial charge in [-0.25, -0.2) is 9.37 Å². The third-order valence-corrected chi connectivity index (χ3v) is 6.22. The van der Waals surface area contributed by atoms with Gasteiger partial charge in [0.1, 0.15) is 17.2 Å².